The molecular weight excluding hydrogens is 265 g/mol. The van der Waals surface area contributed by atoms with E-state index in [9.17, 15) is 13.2 Å². The molecule has 96 valence electrons. The largest absolute Gasteiger partial charge is 0.393 e. The number of aryl methyl sites for hydroxylation is 1. The van der Waals surface area contributed by atoms with Crippen molar-refractivity contribution >= 4 is 11.6 Å². The van der Waals surface area contributed by atoms with Crippen molar-refractivity contribution in [1.29, 1.82) is 0 Å². The van der Waals surface area contributed by atoms with Gasteiger partial charge in [0.15, 0.2) is 0 Å². The molecule has 18 heavy (non-hydrogen) atoms. The van der Waals surface area contributed by atoms with Gasteiger partial charge in [-0.1, -0.05) is 17.7 Å². The SMILES string of the molecule is Cc1ccn(-c2cc(Cl)ccc2CC(F)(F)F)n1. The predicted molar refractivity (Wildman–Crippen MR) is 63.1 cm³/mol. The van der Waals surface area contributed by atoms with Crippen LogP contribution in [0.2, 0.25) is 5.02 Å². The molecule has 0 aliphatic heterocycles. The van der Waals surface area contributed by atoms with Crippen molar-refractivity contribution in [3.8, 4) is 5.69 Å². The lowest BCUT2D eigenvalue weighted by molar-refractivity contribution is -0.127. The van der Waals surface area contributed by atoms with Crippen molar-refractivity contribution < 1.29 is 13.2 Å². The highest BCUT2D eigenvalue weighted by Crippen LogP contribution is 2.27. The molecule has 2 rings (SSSR count). The maximum absolute atomic E-state index is 12.5. The standard InChI is InChI=1S/C12H10ClF3N2/c1-8-4-5-18(17-8)11-6-10(13)3-2-9(11)7-12(14,15)16/h2-6H,7H2,1H3. The first kappa shape index (κ1) is 13.0. The van der Waals surface area contributed by atoms with E-state index >= 15 is 0 Å². The van der Waals surface area contributed by atoms with E-state index in [-0.39, 0.29) is 5.56 Å². The van der Waals surface area contributed by atoms with Gasteiger partial charge in [-0.25, -0.2) is 4.68 Å². The number of nitrogens with zero attached hydrogens (tertiary/aromatic N) is 2. The molecule has 6 heteroatoms. The lowest BCUT2D eigenvalue weighted by atomic mass is 10.1. The lowest BCUT2D eigenvalue weighted by Crippen LogP contribution is -2.14. The second kappa shape index (κ2) is 4.65. The maximum Gasteiger partial charge on any atom is 0.393 e. The van der Waals surface area contributed by atoms with Crippen LogP contribution in [0.5, 0.6) is 0 Å². The van der Waals surface area contributed by atoms with E-state index in [1.165, 1.54) is 22.9 Å². The zero-order valence-corrected chi connectivity index (χ0v) is 10.3. The monoisotopic (exact) mass is 274 g/mol. The highest BCUT2D eigenvalue weighted by atomic mass is 35.5. The maximum atomic E-state index is 12.5. The Bertz CT molecular complexity index is 561. The van der Waals surface area contributed by atoms with Gasteiger partial charge >= 0.3 is 6.18 Å². The second-order valence-corrected chi connectivity index (χ2v) is 4.40. The van der Waals surface area contributed by atoms with Crippen LogP contribution in [0.4, 0.5) is 13.2 Å². The molecule has 0 fully saturated rings. The first-order chi connectivity index (χ1) is 8.35. The molecule has 0 radical (unpaired) electrons. The molecule has 0 N–H and O–H groups in total. The average molecular weight is 275 g/mol. The van der Waals surface area contributed by atoms with E-state index in [1.807, 2.05) is 0 Å². The Labute approximate surface area is 107 Å². The summed E-state index contributed by atoms with van der Waals surface area (Å²) in [5.74, 6) is 0. The minimum Gasteiger partial charge on any atom is -0.240 e. The van der Waals surface area contributed by atoms with Crippen molar-refractivity contribution in [2.24, 2.45) is 0 Å². The highest BCUT2D eigenvalue weighted by molar-refractivity contribution is 6.30. The number of alkyl halides is 3. The molecule has 0 saturated heterocycles. The second-order valence-electron chi connectivity index (χ2n) is 3.97. The van der Waals surface area contributed by atoms with Crippen LogP contribution < -0.4 is 0 Å². The molecule has 0 amide bonds. The molecule has 0 aliphatic carbocycles. The Morgan fingerprint density at radius 3 is 2.56 bits per heavy atom. The first-order valence-electron chi connectivity index (χ1n) is 5.23. The minimum atomic E-state index is -4.26. The lowest BCUT2D eigenvalue weighted by Gasteiger charge is -2.12. The summed E-state index contributed by atoms with van der Waals surface area (Å²) in [5.41, 5.74) is 1.23. The fraction of sp³-hybridized carbons (Fsp3) is 0.250. The summed E-state index contributed by atoms with van der Waals surface area (Å²) < 4.78 is 38.8. The topological polar surface area (TPSA) is 17.8 Å². The van der Waals surface area contributed by atoms with Crippen molar-refractivity contribution in [1.82, 2.24) is 9.78 Å². The molecule has 2 aromatic rings. The van der Waals surface area contributed by atoms with Gasteiger partial charge in [0.1, 0.15) is 0 Å². The third kappa shape index (κ3) is 3.04. The van der Waals surface area contributed by atoms with Crippen molar-refractivity contribution in [3.63, 3.8) is 0 Å². The zero-order chi connectivity index (χ0) is 13.3. The normalized spacial score (nSPS) is 11.8. The fourth-order valence-corrected chi connectivity index (χ4v) is 1.83. The summed E-state index contributed by atoms with van der Waals surface area (Å²) >= 11 is 5.82. The van der Waals surface area contributed by atoms with Gasteiger partial charge in [0.05, 0.1) is 17.8 Å². The van der Waals surface area contributed by atoms with E-state index in [2.05, 4.69) is 5.10 Å². The Kier molecular flexibility index (Phi) is 3.34. The Hall–Kier alpha value is -1.49. The Balaban J connectivity index is 2.47. The quantitative estimate of drug-likeness (QED) is 0.811. The molecular formula is C12H10ClF3N2. The van der Waals surface area contributed by atoms with E-state index < -0.39 is 12.6 Å². The van der Waals surface area contributed by atoms with Crippen LogP contribution in [-0.4, -0.2) is 16.0 Å². The molecule has 0 spiro atoms. The van der Waals surface area contributed by atoms with Gasteiger partial charge < -0.3 is 0 Å². The number of hydrogen-bond acceptors (Lipinski definition) is 1. The van der Waals surface area contributed by atoms with Crippen molar-refractivity contribution in [3.05, 3.63) is 46.7 Å². The van der Waals surface area contributed by atoms with Crippen LogP contribution in [0, 0.1) is 6.92 Å². The number of aromatic nitrogens is 2. The van der Waals surface area contributed by atoms with Crippen LogP contribution in [0.1, 0.15) is 11.3 Å². The summed E-state index contributed by atoms with van der Waals surface area (Å²) in [7, 11) is 0. The first-order valence-corrected chi connectivity index (χ1v) is 5.61. The number of benzene rings is 1. The van der Waals surface area contributed by atoms with Crippen molar-refractivity contribution in [2.75, 3.05) is 0 Å². The van der Waals surface area contributed by atoms with Gasteiger partial charge in [0.2, 0.25) is 0 Å². The molecule has 0 bridgehead atoms. The number of rotatable bonds is 2. The van der Waals surface area contributed by atoms with E-state index in [1.54, 1.807) is 19.2 Å². The minimum absolute atomic E-state index is 0.148. The highest BCUT2D eigenvalue weighted by Gasteiger charge is 2.29. The molecule has 0 unspecified atom stereocenters. The molecule has 2 nitrogen and oxygen atoms in total. The summed E-state index contributed by atoms with van der Waals surface area (Å²) in [6.45, 7) is 1.77. The van der Waals surface area contributed by atoms with E-state index in [0.29, 0.717) is 10.7 Å². The summed E-state index contributed by atoms with van der Waals surface area (Å²) in [4.78, 5) is 0. The molecule has 1 aromatic heterocycles. The van der Waals surface area contributed by atoms with Crippen LogP contribution in [0.3, 0.4) is 0 Å². The predicted octanol–water partition coefficient (Wildman–Crippen LogP) is 3.94. The van der Waals surface area contributed by atoms with Gasteiger partial charge in [0.25, 0.3) is 0 Å². The number of halogens is 4. The molecule has 0 aliphatic rings. The smallest absolute Gasteiger partial charge is 0.240 e. The van der Waals surface area contributed by atoms with Gasteiger partial charge in [0, 0.05) is 11.2 Å². The summed E-state index contributed by atoms with van der Waals surface area (Å²) in [6.07, 6.45) is -3.65. The van der Waals surface area contributed by atoms with Crippen LogP contribution in [-0.2, 0) is 6.42 Å². The van der Waals surface area contributed by atoms with Crippen LogP contribution in [0.15, 0.2) is 30.5 Å². The van der Waals surface area contributed by atoms with Crippen LogP contribution in [0.25, 0.3) is 5.69 Å². The Morgan fingerprint density at radius 2 is 2.00 bits per heavy atom. The zero-order valence-electron chi connectivity index (χ0n) is 9.50. The number of hydrogen-bond donors (Lipinski definition) is 0. The van der Waals surface area contributed by atoms with Gasteiger partial charge in [-0.3, -0.25) is 0 Å². The van der Waals surface area contributed by atoms with Gasteiger partial charge in [-0.15, -0.1) is 0 Å². The summed E-state index contributed by atoms with van der Waals surface area (Å²) in [6, 6.07) is 6.03. The molecule has 0 saturated carbocycles. The molecule has 0 atom stereocenters. The van der Waals surface area contributed by atoms with E-state index in [4.69, 9.17) is 11.6 Å². The Morgan fingerprint density at radius 1 is 1.28 bits per heavy atom. The van der Waals surface area contributed by atoms with Crippen molar-refractivity contribution in [2.45, 2.75) is 19.5 Å². The average Bonchev–Trinajstić information content (AvgIpc) is 2.65. The molecule has 1 heterocycles. The van der Waals surface area contributed by atoms with Gasteiger partial charge in [-0.05, 0) is 30.7 Å². The van der Waals surface area contributed by atoms with Crippen LogP contribution >= 0.6 is 11.6 Å². The van der Waals surface area contributed by atoms with Gasteiger partial charge in [-0.2, -0.15) is 18.3 Å². The summed E-state index contributed by atoms with van der Waals surface area (Å²) in [5, 5.41) is 4.48. The third-order valence-corrected chi connectivity index (χ3v) is 2.64. The third-order valence-electron chi connectivity index (χ3n) is 2.41. The van der Waals surface area contributed by atoms with E-state index in [0.717, 1.165) is 5.69 Å². The molecule has 1 aromatic carbocycles. The fourth-order valence-electron chi connectivity index (χ4n) is 1.66.